The number of para-hydroxylation sites is 1. The lowest BCUT2D eigenvalue weighted by Gasteiger charge is -2.19. The molecule has 0 N–H and O–H groups in total. The molecule has 11 aromatic carbocycles. The molecule has 0 saturated heterocycles. The van der Waals surface area contributed by atoms with Gasteiger partial charge in [0, 0.05) is 21.7 Å². The number of hydrogen-bond donors (Lipinski definition) is 0. The summed E-state index contributed by atoms with van der Waals surface area (Å²) in [5.74, 6) is 0. The summed E-state index contributed by atoms with van der Waals surface area (Å²) in [6.07, 6.45) is 0. The van der Waals surface area contributed by atoms with Gasteiger partial charge in [-0.1, -0.05) is 158 Å². The van der Waals surface area contributed by atoms with E-state index in [4.69, 9.17) is 8.83 Å². The first kappa shape index (κ1) is 31.5. The first-order valence-corrected chi connectivity index (χ1v) is 19.9. The smallest absolute Gasteiger partial charge is 0.147 e. The van der Waals surface area contributed by atoms with E-state index in [2.05, 4.69) is 188 Å². The molecule has 0 amide bonds. The molecule has 13 rings (SSSR count). The molecular weight excluding hydrogens is 705 g/mol. The average Bonchev–Trinajstić information content (AvgIpc) is 3.86. The summed E-state index contributed by atoms with van der Waals surface area (Å²) >= 11 is 0. The van der Waals surface area contributed by atoms with Gasteiger partial charge in [-0.2, -0.15) is 0 Å². The van der Waals surface area contributed by atoms with Crippen LogP contribution < -0.4 is 0 Å². The zero-order valence-corrected chi connectivity index (χ0v) is 31.3. The Hall–Kier alpha value is -7.68. The largest absolute Gasteiger partial charge is 0.455 e. The van der Waals surface area contributed by atoms with Crippen molar-refractivity contribution in [2.75, 3.05) is 0 Å². The summed E-state index contributed by atoms with van der Waals surface area (Å²) in [4.78, 5) is 0. The van der Waals surface area contributed by atoms with Gasteiger partial charge in [-0.25, -0.2) is 0 Å². The highest BCUT2D eigenvalue weighted by molar-refractivity contribution is 6.29. The van der Waals surface area contributed by atoms with Crippen LogP contribution in [0.3, 0.4) is 0 Å². The summed E-state index contributed by atoms with van der Waals surface area (Å²) in [6.45, 7) is 0. The van der Waals surface area contributed by atoms with E-state index in [1.807, 2.05) is 6.07 Å². The van der Waals surface area contributed by atoms with E-state index in [0.29, 0.717) is 0 Å². The molecule has 2 nitrogen and oxygen atoms in total. The summed E-state index contributed by atoms with van der Waals surface area (Å²) in [5.41, 5.74) is 10.4. The normalized spacial score (nSPS) is 12.1. The van der Waals surface area contributed by atoms with Crippen molar-refractivity contribution in [2.45, 2.75) is 0 Å². The van der Waals surface area contributed by atoms with Crippen molar-refractivity contribution in [3.05, 3.63) is 194 Å². The highest BCUT2D eigenvalue weighted by atomic mass is 16.3. The molecule has 2 heterocycles. The third-order valence-corrected chi connectivity index (χ3v) is 12.4. The fraction of sp³-hybridized carbons (Fsp3) is 0. The number of fused-ring (bicyclic) bond motifs is 13. The quantitative estimate of drug-likeness (QED) is 0.169. The Bertz CT molecular complexity index is 3860. The monoisotopic (exact) mass is 736 g/mol. The van der Waals surface area contributed by atoms with Crippen LogP contribution in [0.25, 0.3) is 131 Å². The van der Waals surface area contributed by atoms with Crippen LogP contribution in [0, 0.1) is 0 Å². The highest BCUT2D eigenvalue weighted by Crippen LogP contribution is 2.49. The molecular formula is C56H32O2. The first-order valence-electron chi connectivity index (χ1n) is 19.9. The first-order chi connectivity index (χ1) is 28.7. The minimum absolute atomic E-state index is 0.833. The zero-order valence-electron chi connectivity index (χ0n) is 31.3. The lowest BCUT2D eigenvalue weighted by molar-refractivity contribution is 0.663. The van der Waals surface area contributed by atoms with Gasteiger partial charge in [-0.3, -0.25) is 0 Å². The van der Waals surface area contributed by atoms with E-state index in [0.717, 1.165) is 55.0 Å². The van der Waals surface area contributed by atoms with Gasteiger partial charge in [-0.15, -0.1) is 0 Å². The Balaban J connectivity index is 1.18. The lowest BCUT2D eigenvalue weighted by Crippen LogP contribution is -1.92. The van der Waals surface area contributed by atoms with E-state index >= 15 is 0 Å². The SMILES string of the molecule is c1ccc2cc(-c3c4ccccc4c(-c4ccc5ccccc5c4)c4cc(-c5cc6c(oc7ccc8ccccc8c76)c6c5oc5ccccc56)ccc34)ccc2c1. The average molecular weight is 737 g/mol. The number of furan rings is 2. The molecule has 2 heteroatoms. The van der Waals surface area contributed by atoms with E-state index < -0.39 is 0 Å². The van der Waals surface area contributed by atoms with Crippen LogP contribution in [0.4, 0.5) is 0 Å². The van der Waals surface area contributed by atoms with Crippen LogP contribution in [0.5, 0.6) is 0 Å². The maximum Gasteiger partial charge on any atom is 0.147 e. The fourth-order valence-corrected chi connectivity index (χ4v) is 9.76. The highest BCUT2D eigenvalue weighted by Gasteiger charge is 2.23. The summed E-state index contributed by atoms with van der Waals surface area (Å²) in [6, 6.07) is 70.5. The topological polar surface area (TPSA) is 26.3 Å². The molecule has 268 valence electrons. The van der Waals surface area contributed by atoms with Crippen molar-refractivity contribution in [1.29, 1.82) is 0 Å². The van der Waals surface area contributed by atoms with Crippen molar-refractivity contribution < 1.29 is 8.83 Å². The molecule has 0 atom stereocenters. The number of hydrogen-bond acceptors (Lipinski definition) is 2. The molecule has 0 fully saturated rings. The lowest BCUT2D eigenvalue weighted by atomic mass is 9.84. The molecule has 0 radical (unpaired) electrons. The molecule has 58 heavy (non-hydrogen) atoms. The van der Waals surface area contributed by atoms with E-state index in [1.165, 1.54) is 76.1 Å². The molecule has 0 bridgehead atoms. The second-order valence-corrected chi connectivity index (χ2v) is 15.5. The van der Waals surface area contributed by atoms with Gasteiger partial charge in [0.2, 0.25) is 0 Å². The van der Waals surface area contributed by atoms with Gasteiger partial charge in [0.15, 0.2) is 0 Å². The van der Waals surface area contributed by atoms with E-state index in [9.17, 15) is 0 Å². The summed E-state index contributed by atoms with van der Waals surface area (Å²) < 4.78 is 13.6. The Morgan fingerprint density at radius 1 is 0.259 bits per heavy atom. The Morgan fingerprint density at radius 2 is 0.776 bits per heavy atom. The Morgan fingerprint density at radius 3 is 1.48 bits per heavy atom. The van der Waals surface area contributed by atoms with E-state index in [1.54, 1.807) is 0 Å². The molecule has 2 aromatic heterocycles. The van der Waals surface area contributed by atoms with Gasteiger partial charge in [0.05, 0.1) is 5.39 Å². The second-order valence-electron chi connectivity index (χ2n) is 15.5. The third kappa shape index (κ3) is 4.48. The Kier molecular flexibility index (Phi) is 6.47. The standard InChI is InChI=1S/C56H32O2/c1-3-14-36-29-39(23-21-33(36)11-1)51-42-17-7-8-18-43(42)52(40-24-22-34-12-2-4-15-37(34)30-40)47-31-38(25-27-44(47)51)46-32-48-53-41-16-6-5-13-35(41)26-28-50(53)58-56(48)54-45-19-9-10-20-49(45)57-55(46)54/h1-32H. The molecule has 0 saturated carbocycles. The molecule has 0 aliphatic rings. The van der Waals surface area contributed by atoms with Crippen molar-refractivity contribution in [3.8, 4) is 33.4 Å². The van der Waals surface area contributed by atoms with Gasteiger partial charge >= 0.3 is 0 Å². The minimum atomic E-state index is 0.833. The van der Waals surface area contributed by atoms with Crippen LogP contribution in [0.1, 0.15) is 0 Å². The number of rotatable bonds is 3. The molecule has 0 unspecified atom stereocenters. The van der Waals surface area contributed by atoms with Crippen LogP contribution in [0.15, 0.2) is 203 Å². The fourth-order valence-electron chi connectivity index (χ4n) is 9.76. The maximum atomic E-state index is 6.85. The van der Waals surface area contributed by atoms with Crippen molar-refractivity contribution in [1.82, 2.24) is 0 Å². The van der Waals surface area contributed by atoms with Gasteiger partial charge < -0.3 is 8.83 Å². The van der Waals surface area contributed by atoms with Crippen molar-refractivity contribution in [3.63, 3.8) is 0 Å². The number of benzene rings is 11. The molecule has 13 aromatic rings. The molecule has 0 aliphatic carbocycles. The maximum absolute atomic E-state index is 6.85. The van der Waals surface area contributed by atoms with Crippen LogP contribution in [-0.2, 0) is 0 Å². The summed E-state index contributed by atoms with van der Waals surface area (Å²) in [5, 5.41) is 16.4. The molecule has 0 aliphatic heterocycles. The van der Waals surface area contributed by atoms with Gasteiger partial charge in [0.25, 0.3) is 0 Å². The van der Waals surface area contributed by atoms with Gasteiger partial charge in [-0.05, 0) is 118 Å². The van der Waals surface area contributed by atoms with E-state index in [-0.39, 0.29) is 0 Å². The van der Waals surface area contributed by atoms with Crippen LogP contribution in [-0.4, -0.2) is 0 Å². The second kappa shape index (κ2) is 11.9. The molecule has 0 spiro atoms. The Labute approximate surface area is 332 Å². The van der Waals surface area contributed by atoms with Crippen LogP contribution >= 0.6 is 0 Å². The summed E-state index contributed by atoms with van der Waals surface area (Å²) in [7, 11) is 0. The van der Waals surface area contributed by atoms with Crippen LogP contribution in [0.2, 0.25) is 0 Å². The van der Waals surface area contributed by atoms with Crippen molar-refractivity contribution in [2.24, 2.45) is 0 Å². The van der Waals surface area contributed by atoms with Crippen molar-refractivity contribution >= 4 is 97.7 Å². The zero-order chi connectivity index (χ0) is 37.9. The minimum Gasteiger partial charge on any atom is -0.455 e. The third-order valence-electron chi connectivity index (χ3n) is 12.4. The van der Waals surface area contributed by atoms with Gasteiger partial charge in [0.1, 0.15) is 22.3 Å². The predicted octanol–water partition coefficient (Wildman–Crippen LogP) is 16.3. The predicted molar refractivity (Wildman–Crippen MR) is 245 cm³/mol.